The minimum absolute atomic E-state index is 0.443. The fourth-order valence-corrected chi connectivity index (χ4v) is 3.49. The van der Waals surface area contributed by atoms with Crippen LogP contribution in [0, 0.1) is 0 Å². The molecular weight excluding hydrogens is 375 g/mol. The van der Waals surface area contributed by atoms with Crippen LogP contribution < -0.4 is 4.72 Å². The number of hydrogen-bond acceptors (Lipinski definition) is 4. The van der Waals surface area contributed by atoms with E-state index < -0.39 is 0 Å². The van der Waals surface area contributed by atoms with E-state index >= 15 is 0 Å². The summed E-state index contributed by atoms with van der Waals surface area (Å²) in [7, 11) is 0. The Hall–Kier alpha value is -2.21. The summed E-state index contributed by atoms with van der Waals surface area (Å²) in [5, 5.41) is 1.13. The van der Waals surface area contributed by atoms with Gasteiger partial charge in [0.2, 0.25) is 0 Å². The van der Waals surface area contributed by atoms with Crippen LogP contribution in [0.5, 0.6) is 0 Å². The molecule has 0 aliphatic heterocycles. The molecule has 2 aromatic heterocycles. The van der Waals surface area contributed by atoms with Crippen molar-refractivity contribution in [3.8, 4) is 11.5 Å². The van der Waals surface area contributed by atoms with Crippen molar-refractivity contribution in [1.29, 1.82) is 0 Å². The van der Waals surface area contributed by atoms with Gasteiger partial charge in [-0.05, 0) is 54.4 Å². The Morgan fingerprint density at radius 1 is 0.920 bits per heavy atom. The molecule has 25 heavy (non-hydrogen) atoms. The molecule has 124 valence electrons. The van der Waals surface area contributed by atoms with E-state index in [0.717, 1.165) is 21.6 Å². The SMILES string of the molecule is Clc1cccc(-c2nc3ccc(SNc4ccccc4Cl)cc3[nH]2)n1. The van der Waals surface area contributed by atoms with Crippen molar-refractivity contribution in [3.63, 3.8) is 0 Å². The van der Waals surface area contributed by atoms with Crippen molar-refractivity contribution in [2.24, 2.45) is 0 Å². The first kappa shape index (κ1) is 16.3. The molecule has 4 aromatic rings. The molecule has 0 aliphatic carbocycles. The molecule has 0 fully saturated rings. The molecule has 0 amide bonds. The van der Waals surface area contributed by atoms with Crippen LogP contribution in [0.2, 0.25) is 10.2 Å². The van der Waals surface area contributed by atoms with Crippen LogP contribution in [-0.4, -0.2) is 15.0 Å². The van der Waals surface area contributed by atoms with E-state index in [2.05, 4.69) is 19.7 Å². The van der Waals surface area contributed by atoms with Crippen molar-refractivity contribution in [2.45, 2.75) is 4.90 Å². The van der Waals surface area contributed by atoms with Crippen molar-refractivity contribution in [3.05, 3.63) is 70.8 Å². The zero-order valence-electron chi connectivity index (χ0n) is 12.8. The molecule has 2 N–H and O–H groups in total. The lowest BCUT2D eigenvalue weighted by Gasteiger charge is -2.06. The predicted octanol–water partition coefficient (Wildman–Crippen LogP) is 6.05. The van der Waals surface area contributed by atoms with Gasteiger partial charge in [-0.15, -0.1) is 0 Å². The second kappa shape index (κ2) is 6.96. The van der Waals surface area contributed by atoms with Gasteiger partial charge in [0, 0.05) is 4.90 Å². The van der Waals surface area contributed by atoms with E-state index in [0.29, 0.717) is 21.7 Å². The maximum absolute atomic E-state index is 6.16. The van der Waals surface area contributed by atoms with Crippen molar-refractivity contribution in [1.82, 2.24) is 15.0 Å². The molecule has 4 rings (SSSR count). The topological polar surface area (TPSA) is 53.6 Å². The first-order valence-corrected chi connectivity index (χ1v) is 9.06. The fraction of sp³-hybridized carbons (Fsp3) is 0. The number of fused-ring (bicyclic) bond motifs is 1. The third-order valence-corrected chi connectivity index (χ3v) is 4.92. The van der Waals surface area contributed by atoms with Gasteiger partial charge >= 0.3 is 0 Å². The van der Waals surface area contributed by atoms with Gasteiger partial charge in [0.15, 0.2) is 5.82 Å². The maximum atomic E-state index is 6.16. The summed E-state index contributed by atoms with van der Waals surface area (Å²) < 4.78 is 3.26. The number of hydrogen-bond donors (Lipinski definition) is 2. The molecule has 7 heteroatoms. The smallest absolute Gasteiger partial charge is 0.157 e. The van der Waals surface area contributed by atoms with Gasteiger partial charge in [-0.1, -0.05) is 41.4 Å². The van der Waals surface area contributed by atoms with E-state index in [-0.39, 0.29) is 0 Å². The summed E-state index contributed by atoms with van der Waals surface area (Å²) in [6.07, 6.45) is 0. The lowest BCUT2D eigenvalue weighted by molar-refractivity contribution is 1.24. The number of aromatic nitrogens is 3. The number of para-hydroxylation sites is 1. The highest BCUT2D eigenvalue weighted by atomic mass is 35.5. The third-order valence-electron chi connectivity index (χ3n) is 3.56. The van der Waals surface area contributed by atoms with Crippen molar-refractivity contribution >= 4 is 51.9 Å². The quantitative estimate of drug-likeness (QED) is 0.331. The highest BCUT2D eigenvalue weighted by Crippen LogP contribution is 2.29. The number of imidazole rings is 1. The predicted molar refractivity (Wildman–Crippen MR) is 105 cm³/mol. The third kappa shape index (κ3) is 3.58. The highest BCUT2D eigenvalue weighted by Gasteiger charge is 2.08. The number of nitrogens with zero attached hydrogens (tertiary/aromatic N) is 2. The van der Waals surface area contributed by atoms with Crippen LogP contribution in [0.25, 0.3) is 22.6 Å². The van der Waals surface area contributed by atoms with E-state index in [9.17, 15) is 0 Å². The lowest BCUT2D eigenvalue weighted by Crippen LogP contribution is -1.87. The van der Waals surface area contributed by atoms with E-state index in [1.807, 2.05) is 54.6 Å². The number of aromatic amines is 1. The fourth-order valence-electron chi connectivity index (χ4n) is 2.37. The molecule has 0 saturated heterocycles. The normalized spacial score (nSPS) is 11.0. The molecule has 2 heterocycles. The van der Waals surface area contributed by atoms with Crippen LogP contribution in [0.15, 0.2) is 65.6 Å². The molecule has 0 atom stereocenters. The standard InChI is InChI=1S/C18H12Cl2N4S/c19-12-4-1-2-5-13(12)24-25-11-8-9-14-16(10-11)23-18(22-14)15-6-3-7-17(20)21-15/h1-10,24H,(H,22,23). The van der Waals surface area contributed by atoms with Crippen molar-refractivity contribution < 1.29 is 0 Å². The molecule has 4 nitrogen and oxygen atoms in total. The zero-order chi connectivity index (χ0) is 17.2. The van der Waals surface area contributed by atoms with Crippen LogP contribution in [0.3, 0.4) is 0 Å². The summed E-state index contributed by atoms with van der Waals surface area (Å²) in [6, 6.07) is 19.1. The molecule has 0 aliphatic rings. The first-order chi connectivity index (χ1) is 12.2. The van der Waals surface area contributed by atoms with Gasteiger partial charge in [0.25, 0.3) is 0 Å². The minimum atomic E-state index is 0.443. The Kier molecular flexibility index (Phi) is 4.53. The van der Waals surface area contributed by atoms with Crippen molar-refractivity contribution in [2.75, 3.05) is 4.72 Å². The number of halogens is 2. The summed E-state index contributed by atoms with van der Waals surface area (Å²) in [5.41, 5.74) is 3.40. The number of anilines is 1. The molecule has 0 radical (unpaired) electrons. The maximum Gasteiger partial charge on any atom is 0.157 e. The van der Waals surface area contributed by atoms with Crippen LogP contribution in [0.4, 0.5) is 5.69 Å². The number of rotatable bonds is 4. The average Bonchev–Trinajstić information content (AvgIpc) is 3.04. The summed E-state index contributed by atoms with van der Waals surface area (Å²) in [5.74, 6) is 0.693. The van der Waals surface area contributed by atoms with Crippen LogP contribution in [-0.2, 0) is 0 Å². The Morgan fingerprint density at radius 2 is 1.80 bits per heavy atom. The minimum Gasteiger partial charge on any atom is -0.337 e. The van der Waals surface area contributed by atoms with Gasteiger partial charge in [-0.25, -0.2) is 9.97 Å². The summed E-state index contributed by atoms with van der Waals surface area (Å²) in [6.45, 7) is 0. The molecule has 0 spiro atoms. The van der Waals surface area contributed by atoms with Gasteiger partial charge in [-0.3, -0.25) is 0 Å². The Morgan fingerprint density at radius 3 is 2.64 bits per heavy atom. The molecular formula is C18H12Cl2N4S. The second-order valence-electron chi connectivity index (χ2n) is 5.29. The van der Waals surface area contributed by atoms with Gasteiger partial charge in [-0.2, -0.15) is 0 Å². The zero-order valence-corrected chi connectivity index (χ0v) is 15.2. The van der Waals surface area contributed by atoms with Gasteiger partial charge < -0.3 is 9.71 Å². The molecule has 0 bridgehead atoms. The van der Waals surface area contributed by atoms with E-state index in [1.165, 1.54) is 11.9 Å². The van der Waals surface area contributed by atoms with Crippen LogP contribution in [0.1, 0.15) is 0 Å². The van der Waals surface area contributed by atoms with Gasteiger partial charge in [0.05, 0.1) is 21.7 Å². The van der Waals surface area contributed by atoms with E-state index in [4.69, 9.17) is 23.2 Å². The highest BCUT2D eigenvalue weighted by molar-refractivity contribution is 8.00. The Labute approximate surface area is 158 Å². The largest absolute Gasteiger partial charge is 0.337 e. The number of benzene rings is 2. The Bertz CT molecular complexity index is 1050. The summed E-state index contributed by atoms with van der Waals surface area (Å²) in [4.78, 5) is 13.2. The van der Waals surface area contributed by atoms with Gasteiger partial charge in [0.1, 0.15) is 10.8 Å². The van der Waals surface area contributed by atoms with Crippen LogP contribution >= 0.6 is 35.1 Å². The lowest BCUT2D eigenvalue weighted by atomic mass is 10.3. The Balaban J connectivity index is 1.59. The average molecular weight is 387 g/mol. The molecule has 0 unspecified atom stereocenters. The van der Waals surface area contributed by atoms with E-state index in [1.54, 1.807) is 6.07 Å². The molecule has 0 saturated carbocycles. The number of nitrogens with one attached hydrogen (secondary N) is 2. The first-order valence-electron chi connectivity index (χ1n) is 7.49. The monoisotopic (exact) mass is 386 g/mol. The number of pyridine rings is 1. The summed E-state index contributed by atoms with van der Waals surface area (Å²) >= 11 is 13.6. The second-order valence-corrected chi connectivity index (χ2v) is 6.97. The number of H-pyrrole nitrogens is 1. The molecule has 2 aromatic carbocycles.